The molecule has 0 unspecified atom stereocenters. The minimum absolute atomic E-state index is 0.0822. The Kier molecular flexibility index (Phi) is 5.84. The maximum atomic E-state index is 11.4. The van der Waals surface area contributed by atoms with E-state index in [4.69, 9.17) is 16.3 Å². The van der Waals surface area contributed by atoms with E-state index in [2.05, 4.69) is 12.2 Å². The number of hydrogen-bond acceptors (Lipinski definition) is 2. The van der Waals surface area contributed by atoms with Gasteiger partial charge in [-0.25, -0.2) is 0 Å². The van der Waals surface area contributed by atoms with E-state index < -0.39 is 0 Å². The van der Waals surface area contributed by atoms with Crippen LogP contribution < -0.4 is 10.1 Å². The van der Waals surface area contributed by atoms with Crippen LogP contribution in [-0.2, 0) is 11.3 Å². The van der Waals surface area contributed by atoms with Crippen LogP contribution in [0.15, 0.2) is 18.2 Å². The number of methoxy groups -OCH3 is 1. The lowest BCUT2D eigenvalue weighted by molar-refractivity contribution is -0.121. The molecule has 0 atom stereocenters. The molecule has 1 aromatic rings. The summed E-state index contributed by atoms with van der Waals surface area (Å²) in [4.78, 5) is 11.4. The van der Waals surface area contributed by atoms with Crippen molar-refractivity contribution in [3.8, 4) is 5.75 Å². The first-order valence-electron chi connectivity index (χ1n) is 5.76. The molecule has 1 N–H and O–H groups in total. The minimum atomic E-state index is 0.0822. The number of nitrogens with one attached hydrogen (secondary N) is 1. The van der Waals surface area contributed by atoms with E-state index in [9.17, 15) is 4.79 Å². The van der Waals surface area contributed by atoms with E-state index in [1.54, 1.807) is 19.2 Å². The van der Waals surface area contributed by atoms with Gasteiger partial charge in [0.05, 0.1) is 12.1 Å². The molecule has 1 rings (SSSR count). The van der Waals surface area contributed by atoms with Crippen molar-refractivity contribution < 1.29 is 9.53 Å². The topological polar surface area (TPSA) is 38.3 Å². The molecule has 0 radical (unpaired) electrons. The number of unbranched alkanes of at least 4 members (excludes halogenated alkanes) is 1. The molecule has 0 aromatic heterocycles. The van der Waals surface area contributed by atoms with E-state index in [1.165, 1.54) is 0 Å². The predicted octanol–water partition coefficient (Wildman–Crippen LogP) is 3.16. The van der Waals surface area contributed by atoms with Crippen LogP contribution in [0, 0.1) is 0 Å². The maximum Gasteiger partial charge on any atom is 0.220 e. The quantitative estimate of drug-likeness (QED) is 0.848. The second kappa shape index (κ2) is 7.17. The van der Waals surface area contributed by atoms with E-state index in [0.717, 1.165) is 18.4 Å². The molecule has 0 saturated heterocycles. The molecular weight excluding hydrogens is 238 g/mol. The Balaban J connectivity index is 2.47. The first-order valence-corrected chi connectivity index (χ1v) is 6.14. The third-order valence-corrected chi connectivity index (χ3v) is 2.76. The van der Waals surface area contributed by atoms with Crippen molar-refractivity contribution in [2.24, 2.45) is 0 Å². The Morgan fingerprint density at radius 3 is 2.82 bits per heavy atom. The molecule has 1 aromatic carbocycles. The first kappa shape index (κ1) is 13.8. The Hall–Kier alpha value is -1.22. The van der Waals surface area contributed by atoms with Crippen molar-refractivity contribution in [1.29, 1.82) is 0 Å². The minimum Gasteiger partial charge on any atom is -0.495 e. The summed E-state index contributed by atoms with van der Waals surface area (Å²) >= 11 is 5.99. The lowest BCUT2D eigenvalue weighted by atomic mass is 10.2. The second-order valence-electron chi connectivity index (χ2n) is 3.85. The van der Waals surface area contributed by atoms with Crippen molar-refractivity contribution in [3.05, 3.63) is 28.8 Å². The van der Waals surface area contributed by atoms with Gasteiger partial charge in [-0.15, -0.1) is 0 Å². The van der Waals surface area contributed by atoms with Crippen LogP contribution in [0.25, 0.3) is 0 Å². The van der Waals surface area contributed by atoms with E-state index in [-0.39, 0.29) is 5.91 Å². The number of halogens is 1. The normalized spacial score (nSPS) is 10.1. The number of rotatable bonds is 6. The van der Waals surface area contributed by atoms with E-state index in [0.29, 0.717) is 23.7 Å². The average molecular weight is 256 g/mol. The molecule has 0 fully saturated rings. The standard InChI is InChI=1S/C13H18ClNO2/c1-3-4-5-13(16)15-9-10-6-7-12(17-2)11(14)8-10/h6-8H,3-5,9H2,1-2H3,(H,15,16). The Morgan fingerprint density at radius 1 is 1.47 bits per heavy atom. The lowest BCUT2D eigenvalue weighted by Gasteiger charge is -2.07. The molecule has 0 bridgehead atoms. The van der Waals surface area contributed by atoms with Crippen molar-refractivity contribution in [3.63, 3.8) is 0 Å². The van der Waals surface area contributed by atoms with Gasteiger partial charge in [0.15, 0.2) is 0 Å². The van der Waals surface area contributed by atoms with Crippen molar-refractivity contribution in [1.82, 2.24) is 5.32 Å². The molecule has 0 heterocycles. The highest BCUT2D eigenvalue weighted by Crippen LogP contribution is 2.24. The highest BCUT2D eigenvalue weighted by molar-refractivity contribution is 6.32. The average Bonchev–Trinajstić information content (AvgIpc) is 2.34. The summed E-state index contributed by atoms with van der Waals surface area (Å²) in [5.74, 6) is 0.728. The zero-order valence-corrected chi connectivity index (χ0v) is 11.0. The fourth-order valence-corrected chi connectivity index (χ4v) is 1.73. The molecule has 3 nitrogen and oxygen atoms in total. The number of carbonyl (C=O) groups is 1. The second-order valence-corrected chi connectivity index (χ2v) is 4.26. The van der Waals surface area contributed by atoms with Crippen LogP contribution in [0.1, 0.15) is 31.7 Å². The van der Waals surface area contributed by atoms with Crippen molar-refractivity contribution >= 4 is 17.5 Å². The molecule has 94 valence electrons. The smallest absolute Gasteiger partial charge is 0.220 e. The highest BCUT2D eigenvalue weighted by Gasteiger charge is 2.03. The van der Waals surface area contributed by atoms with Gasteiger partial charge in [0.25, 0.3) is 0 Å². The van der Waals surface area contributed by atoms with Gasteiger partial charge < -0.3 is 10.1 Å². The van der Waals surface area contributed by atoms with Crippen LogP contribution >= 0.6 is 11.6 Å². The van der Waals surface area contributed by atoms with Crippen LogP contribution in [0.2, 0.25) is 5.02 Å². The fraction of sp³-hybridized carbons (Fsp3) is 0.462. The van der Waals surface area contributed by atoms with Gasteiger partial charge in [-0.1, -0.05) is 31.0 Å². The molecule has 0 spiro atoms. The van der Waals surface area contributed by atoms with Gasteiger partial charge in [-0.2, -0.15) is 0 Å². The van der Waals surface area contributed by atoms with Crippen LogP contribution in [0.4, 0.5) is 0 Å². The van der Waals surface area contributed by atoms with Gasteiger partial charge in [-0.05, 0) is 24.1 Å². The zero-order valence-electron chi connectivity index (χ0n) is 10.3. The Morgan fingerprint density at radius 2 is 2.24 bits per heavy atom. The van der Waals surface area contributed by atoms with Crippen LogP contribution in [0.5, 0.6) is 5.75 Å². The first-order chi connectivity index (χ1) is 8.17. The largest absolute Gasteiger partial charge is 0.495 e. The van der Waals surface area contributed by atoms with Gasteiger partial charge in [0.2, 0.25) is 5.91 Å². The van der Waals surface area contributed by atoms with Crippen molar-refractivity contribution in [2.45, 2.75) is 32.7 Å². The summed E-state index contributed by atoms with van der Waals surface area (Å²) in [6.45, 7) is 2.57. The number of hydrogen-bond donors (Lipinski definition) is 1. The molecule has 0 aliphatic carbocycles. The summed E-state index contributed by atoms with van der Waals surface area (Å²) in [6.07, 6.45) is 2.54. The summed E-state index contributed by atoms with van der Waals surface area (Å²) in [5, 5.41) is 3.42. The molecule has 17 heavy (non-hydrogen) atoms. The third-order valence-electron chi connectivity index (χ3n) is 2.46. The number of amides is 1. The van der Waals surface area contributed by atoms with Gasteiger partial charge in [-0.3, -0.25) is 4.79 Å². The third kappa shape index (κ3) is 4.65. The fourth-order valence-electron chi connectivity index (χ4n) is 1.45. The summed E-state index contributed by atoms with van der Waals surface area (Å²) in [6, 6.07) is 5.50. The van der Waals surface area contributed by atoms with Gasteiger partial charge >= 0.3 is 0 Å². The molecule has 0 aliphatic rings. The molecule has 1 amide bonds. The lowest BCUT2D eigenvalue weighted by Crippen LogP contribution is -2.22. The summed E-state index contributed by atoms with van der Waals surface area (Å²) in [5.41, 5.74) is 0.973. The van der Waals surface area contributed by atoms with E-state index >= 15 is 0 Å². The number of benzene rings is 1. The van der Waals surface area contributed by atoms with Crippen LogP contribution in [0.3, 0.4) is 0 Å². The predicted molar refractivity (Wildman–Crippen MR) is 69.4 cm³/mol. The number of ether oxygens (including phenoxy) is 1. The van der Waals surface area contributed by atoms with Crippen molar-refractivity contribution in [2.75, 3.05) is 7.11 Å². The number of carbonyl (C=O) groups excluding carboxylic acids is 1. The SMILES string of the molecule is CCCCC(=O)NCc1ccc(OC)c(Cl)c1. The molecule has 0 aliphatic heterocycles. The summed E-state index contributed by atoms with van der Waals surface area (Å²) < 4.78 is 5.06. The molecular formula is C13H18ClNO2. The zero-order chi connectivity index (χ0) is 12.7. The van der Waals surface area contributed by atoms with Gasteiger partial charge in [0.1, 0.15) is 5.75 Å². The maximum absolute atomic E-state index is 11.4. The van der Waals surface area contributed by atoms with E-state index in [1.807, 2.05) is 6.07 Å². The highest BCUT2D eigenvalue weighted by atomic mass is 35.5. The molecule has 0 saturated carbocycles. The molecule has 4 heteroatoms. The Bertz CT molecular complexity index is 380. The monoisotopic (exact) mass is 255 g/mol. The summed E-state index contributed by atoms with van der Waals surface area (Å²) in [7, 11) is 1.58. The van der Waals surface area contributed by atoms with Gasteiger partial charge in [0, 0.05) is 13.0 Å². The Labute approximate surface area is 107 Å². The van der Waals surface area contributed by atoms with Crippen LogP contribution in [-0.4, -0.2) is 13.0 Å².